The number of hydrogen-bond acceptors (Lipinski definition) is 5. The monoisotopic (exact) mass is 457 g/mol. The van der Waals surface area contributed by atoms with Crippen LogP contribution < -0.4 is 14.2 Å². The second-order valence-corrected chi connectivity index (χ2v) is 8.66. The molecule has 2 aliphatic rings. The van der Waals surface area contributed by atoms with Crippen LogP contribution >= 0.6 is 0 Å². The number of nitrogens with zero attached hydrogens (tertiary/aromatic N) is 1. The SMILES string of the molecule is COc1cc(CN(C(=O)c2cccc(F)c2)C2CCCC2)cc(OC)c1OC[C@H]1CCCO1. The molecule has 1 aliphatic heterocycles. The summed E-state index contributed by atoms with van der Waals surface area (Å²) in [6, 6.07) is 9.77. The first kappa shape index (κ1) is 23.4. The number of ether oxygens (including phenoxy) is 4. The molecule has 0 aromatic heterocycles. The van der Waals surface area contributed by atoms with Crippen LogP contribution in [0.25, 0.3) is 0 Å². The number of carbonyl (C=O) groups excluding carboxylic acids is 1. The van der Waals surface area contributed by atoms with Gasteiger partial charge in [0.25, 0.3) is 5.91 Å². The average Bonchev–Trinajstić information content (AvgIpc) is 3.55. The molecule has 0 bridgehead atoms. The van der Waals surface area contributed by atoms with Crippen LogP contribution in [0.15, 0.2) is 36.4 Å². The summed E-state index contributed by atoms with van der Waals surface area (Å²) in [5.74, 6) is 1.04. The van der Waals surface area contributed by atoms with Crippen molar-refractivity contribution in [1.82, 2.24) is 4.90 Å². The van der Waals surface area contributed by atoms with Crippen molar-refractivity contribution in [3.05, 3.63) is 53.3 Å². The van der Waals surface area contributed by atoms with Crippen molar-refractivity contribution in [3.8, 4) is 17.2 Å². The van der Waals surface area contributed by atoms with Crippen molar-refractivity contribution in [2.75, 3.05) is 27.4 Å². The molecule has 2 aromatic rings. The van der Waals surface area contributed by atoms with Gasteiger partial charge in [-0.2, -0.15) is 0 Å². The quantitative estimate of drug-likeness (QED) is 0.531. The molecule has 1 aliphatic carbocycles. The fraction of sp³-hybridized carbons (Fsp3) is 0.500. The van der Waals surface area contributed by atoms with E-state index in [-0.39, 0.29) is 18.1 Å². The van der Waals surface area contributed by atoms with Gasteiger partial charge in [0.1, 0.15) is 12.4 Å². The number of hydrogen-bond donors (Lipinski definition) is 0. The standard InChI is InChI=1S/C26H32FNO5/c1-30-23-13-18(14-24(31-2)25(23)33-17-22-11-6-12-32-22)16-28(21-9-3-4-10-21)26(29)19-7-5-8-20(27)15-19/h5,7-8,13-15,21-22H,3-4,6,9-12,16-17H2,1-2H3/t22-/m1/s1. The first-order valence-corrected chi connectivity index (χ1v) is 11.6. The maximum atomic E-state index is 13.8. The zero-order valence-corrected chi connectivity index (χ0v) is 19.3. The van der Waals surface area contributed by atoms with Gasteiger partial charge in [-0.15, -0.1) is 0 Å². The molecule has 1 saturated carbocycles. The summed E-state index contributed by atoms with van der Waals surface area (Å²) in [7, 11) is 3.17. The molecule has 6 nitrogen and oxygen atoms in total. The van der Waals surface area contributed by atoms with E-state index in [0.717, 1.165) is 50.7 Å². The van der Waals surface area contributed by atoms with E-state index in [9.17, 15) is 9.18 Å². The summed E-state index contributed by atoms with van der Waals surface area (Å²) >= 11 is 0. The molecule has 0 radical (unpaired) electrons. The maximum Gasteiger partial charge on any atom is 0.254 e. The predicted octanol–water partition coefficient (Wildman–Crippen LogP) is 4.99. The van der Waals surface area contributed by atoms with Crippen molar-refractivity contribution in [2.45, 2.75) is 57.2 Å². The van der Waals surface area contributed by atoms with Gasteiger partial charge in [-0.3, -0.25) is 4.79 Å². The van der Waals surface area contributed by atoms with E-state index >= 15 is 0 Å². The second kappa shape index (κ2) is 10.9. The smallest absolute Gasteiger partial charge is 0.254 e. The molecule has 1 amide bonds. The Kier molecular flexibility index (Phi) is 7.70. The third-order valence-corrected chi connectivity index (χ3v) is 6.41. The lowest BCUT2D eigenvalue weighted by Gasteiger charge is -2.30. The Morgan fingerprint density at radius 2 is 1.79 bits per heavy atom. The largest absolute Gasteiger partial charge is 0.493 e. The van der Waals surface area contributed by atoms with E-state index in [2.05, 4.69) is 0 Å². The van der Waals surface area contributed by atoms with E-state index in [1.54, 1.807) is 26.4 Å². The summed E-state index contributed by atoms with van der Waals surface area (Å²) in [5, 5.41) is 0. The van der Waals surface area contributed by atoms with Crippen molar-refractivity contribution < 1.29 is 28.1 Å². The second-order valence-electron chi connectivity index (χ2n) is 8.66. The minimum atomic E-state index is -0.414. The number of benzene rings is 2. The van der Waals surface area contributed by atoms with Crippen molar-refractivity contribution in [2.24, 2.45) is 0 Å². The highest BCUT2D eigenvalue weighted by molar-refractivity contribution is 5.94. The molecule has 1 atom stereocenters. The highest BCUT2D eigenvalue weighted by atomic mass is 19.1. The molecule has 0 spiro atoms. The fourth-order valence-electron chi connectivity index (χ4n) is 4.69. The van der Waals surface area contributed by atoms with Crippen LogP contribution in [0.5, 0.6) is 17.2 Å². The zero-order chi connectivity index (χ0) is 23.2. The highest BCUT2D eigenvalue weighted by Crippen LogP contribution is 2.40. The van der Waals surface area contributed by atoms with Gasteiger partial charge in [0, 0.05) is 24.8 Å². The van der Waals surface area contributed by atoms with Crippen LogP contribution in [0.3, 0.4) is 0 Å². The van der Waals surface area contributed by atoms with E-state index in [4.69, 9.17) is 18.9 Å². The van der Waals surface area contributed by atoms with Crippen LogP contribution in [0.4, 0.5) is 4.39 Å². The summed E-state index contributed by atoms with van der Waals surface area (Å²) in [6.45, 7) is 1.56. The molecule has 4 rings (SSSR count). The molecular weight excluding hydrogens is 425 g/mol. The van der Waals surface area contributed by atoms with Gasteiger partial charge < -0.3 is 23.8 Å². The summed E-state index contributed by atoms with van der Waals surface area (Å²) < 4.78 is 36.7. The van der Waals surface area contributed by atoms with Gasteiger partial charge in [0.2, 0.25) is 5.75 Å². The van der Waals surface area contributed by atoms with Crippen LogP contribution in [-0.4, -0.2) is 50.4 Å². The zero-order valence-electron chi connectivity index (χ0n) is 19.3. The van der Waals surface area contributed by atoms with Gasteiger partial charge in [-0.05, 0) is 61.6 Å². The van der Waals surface area contributed by atoms with Gasteiger partial charge in [0.15, 0.2) is 11.5 Å². The molecule has 2 fully saturated rings. The van der Waals surface area contributed by atoms with Crippen LogP contribution in [-0.2, 0) is 11.3 Å². The normalized spacial score (nSPS) is 18.3. The van der Waals surface area contributed by atoms with E-state index < -0.39 is 5.82 Å². The molecular formula is C26H32FNO5. The minimum absolute atomic E-state index is 0.0702. The highest BCUT2D eigenvalue weighted by Gasteiger charge is 2.29. The van der Waals surface area contributed by atoms with Gasteiger partial charge in [-0.25, -0.2) is 4.39 Å². The Balaban J connectivity index is 1.59. The average molecular weight is 458 g/mol. The third kappa shape index (κ3) is 5.58. The van der Waals surface area contributed by atoms with Gasteiger partial charge in [-0.1, -0.05) is 18.9 Å². The predicted molar refractivity (Wildman–Crippen MR) is 123 cm³/mol. The topological polar surface area (TPSA) is 57.2 Å². The van der Waals surface area contributed by atoms with Crippen molar-refractivity contribution in [1.29, 1.82) is 0 Å². The van der Waals surface area contributed by atoms with E-state index in [0.29, 0.717) is 36.0 Å². The first-order chi connectivity index (χ1) is 16.1. The summed E-state index contributed by atoms with van der Waals surface area (Å²) in [6.07, 6.45) is 6.13. The van der Waals surface area contributed by atoms with E-state index in [1.807, 2.05) is 17.0 Å². The Morgan fingerprint density at radius 3 is 2.39 bits per heavy atom. The van der Waals surface area contributed by atoms with Crippen molar-refractivity contribution in [3.63, 3.8) is 0 Å². The number of methoxy groups -OCH3 is 2. The number of rotatable bonds is 9. The summed E-state index contributed by atoms with van der Waals surface area (Å²) in [5.41, 5.74) is 1.22. The molecule has 178 valence electrons. The van der Waals surface area contributed by atoms with Crippen LogP contribution in [0.1, 0.15) is 54.4 Å². The number of carbonyl (C=O) groups is 1. The minimum Gasteiger partial charge on any atom is -0.493 e. The molecule has 2 aromatic carbocycles. The van der Waals surface area contributed by atoms with Crippen LogP contribution in [0.2, 0.25) is 0 Å². The Hall–Kier alpha value is -2.80. The number of amides is 1. The van der Waals surface area contributed by atoms with E-state index in [1.165, 1.54) is 12.1 Å². The lowest BCUT2D eigenvalue weighted by atomic mass is 10.1. The molecule has 1 heterocycles. The Morgan fingerprint density at radius 1 is 1.06 bits per heavy atom. The maximum absolute atomic E-state index is 13.8. The first-order valence-electron chi connectivity index (χ1n) is 11.6. The molecule has 0 N–H and O–H groups in total. The Bertz CT molecular complexity index is 928. The van der Waals surface area contributed by atoms with Crippen LogP contribution in [0, 0.1) is 5.82 Å². The molecule has 7 heteroatoms. The molecule has 0 unspecified atom stereocenters. The van der Waals surface area contributed by atoms with Gasteiger partial charge >= 0.3 is 0 Å². The summed E-state index contributed by atoms with van der Waals surface area (Å²) in [4.78, 5) is 15.2. The fourth-order valence-corrected chi connectivity index (χ4v) is 4.69. The third-order valence-electron chi connectivity index (χ3n) is 6.41. The Labute approximate surface area is 194 Å². The van der Waals surface area contributed by atoms with Crippen molar-refractivity contribution >= 4 is 5.91 Å². The lowest BCUT2D eigenvalue weighted by molar-refractivity contribution is 0.0651. The lowest BCUT2D eigenvalue weighted by Crippen LogP contribution is -2.38. The number of halogens is 1. The molecule has 33 heavy (non-hydrogen) atoms. The van der Waals surface area contributed by atoms with Gasteiger partial charge in [0.05, 0.1) is 20.3 Å². The molecule has 1 saturated heterocycles.